The van der Waals surface area contributed by atoms with Crippen LogP contribution in [0.4, 0.5) is 9.59 Å². The van der Waals surface area contributed by atoms with E-state index < -0.39 is 18.2 Å². The number of ether oxygens (including phenoxy) is 4. The fourth-order valence-electron chi connectivity index (χ4n) is 2.81. The minimum Gasteiger partial charge on any atom is -0.430 e. The Hall–Kier alpha value is -3.99. The second-order valence-electron chi connectivity index (χ2n) is 6.18. The third-order valence-electron chi connectivity index (χ3n) is 4.01. The molecule has 0 radical (unpaired) electrons. The molecule has 1 aliphatic heterocycles. The maximum absolute atomic E-state index is 12.1. The first-order valence-electron chi connectivity index (χ1n) is 9.00. The molecule has 1 aliphatic rings. The predicted molar refractivity (Wildman–Crippen MR) is 108 cm³/mol. The molecule has 8 heteroatoms. The van der Waals surface area contributed by atoms with Crippen LogP contribution in [0.3, 0.4) is 0 Å². The molecule has 1 aromatic rings. The Morgan fingerprint density at radius 2 is 1.60 bits per heavy atom. The van der Waals surface area contributed by atoms with Crippen LogP contribution >= 0.6 is 0 Å². The number of nitriles is 1. The highest BCUT2D eigenvalue weighted by molar-refractivity contribution is 5.65. The molecule has 2 rings (SSSR count). The standard InChI is InChI=1S/C22H22N2O6/c1-5-10-27-21(25)29-19-14(3)24-15(4)20(30-22(26)28-11-6-2)18(19)17-9-7-8-16(12-17)13-23/h5-9,12,18,24H,1-2,10-11H2,3-4H3. The van der Waals surface area contributed by atoms with E-state index in [-0.39, 0.29) is 24.7 Å². The van der Waals surface area contributed by atoms with E-state index in [1.54, 1.807) is 38.1 Å². The van der Waals surface area contributed by atoms with Crippen molar-refractivity contribution in [3.05, 3.63) is 83.6 Å². The monoisotopic (exact) mass is 410 g/mol. The smallest absolute Gasteiger partial charge is 0.430 e. The molecule has 0 saturated carbocycles. The predicted octanol–water partition coefficient (Wildman–Crippen LogP) is 4.39. The van der Waals surface area contributed by atoms with Gasteiger partial charge in [-0.05, 0) is 31.5 Å². The van der Waals surface area contributed by atoms with E-state index in [9.17, 15) is 14.9 Å². The van der Waals surface area contributed by atoms with Crippen LogP contribution in [0.25, 0.3) is 0 Å². The van der Waals surface area contributed by atoms with E-state index in [4.69, 9.17) is 18.9 Å². The quantitative estimate of drug-likeness (QED) is 0.521. The summed E-state index contributed by atoms with van der Waals surface area (Å²) in [6.07, 6.45) is 0.925. The Morgan fingerprint density at radius 1 is 1.07 bits per heavy atom. The summed E-state index contributed by atoms with van der Waals surface area (Å²) in [4.78, 5) is 24.2. The maximum atomic E-state index is 12.1. The van der Waals surface area contributed by atoms with Gasteiger partial charge in [-0.2, -0.15) is 5.26 Å². The number of hydrogen-bond acceptors (Lipinski definition) is 8. The lowest BCUT2D eigenvalue weighted by Gasteiger charge is -2.30. The summed E-state index contributed by atoms with van der Waals surface area (Å²) in [5.41, 5.74) is 2.00. The summed E-state index contributed by atoms with van der Waals surface area (Å²) < 4.78 is 20.7. The van der Waals surface area contributed by atoms with Crippen LogP contribution in [-0.2, 0) is 18.9 Å². The van der Waals surface area contributed by atoms with E-state index in [0.29, 0.717) is 22.5 Å². The molecule has 0 aliphatic carbocycles. The van der Waals surface area contributed by atoms with Crippen molar-refractivity contribution in [1.82, 2.24) is 5.32 Å². The SMILES string of the molecule is C=CCOC(=O)OC1=C(C)NC(C)=C(OC(=O)OCC=C)C1c1cccc(C#N)c1. The molecular formula is C22H22N2O6. The van der Waals surface area contributed by atoms with Crippen molar-refractivity contribution in [3.63, 3.8) is 0 Å². The summed E-state index contributed by atoms with van der Waals surface area (Å²) in [6.45, 7) is 10.3. The molecular weight excluding hydrogens is 388 g/mol. The van der Waals surface area contributed by atoms with Crippen LogP contribution in [-0.4, -0.2) is 25.5 Å². The van der Waals surface area contributed by atoms with E-state index in [2.05, 4.69) is 24.5 Å². The number of carbonyl (C=O) groups is 2. The number of nitrogens with zero attached hydrogens (tertiary/aromatic N) is 1. The molecule has 0 fully saturated rings. The third kappa shape index (κ3) is 5.52. The fraction of sp³-hybridized carbons (Fsp3) is 0.227. The van der Waals surface area contributed by atoms with Gasteiger partial charge in [0.05, 0.1) is 23.0 Å². The third-order valence-corrected chi connectivity index (χ3v) is 4.01. The number of benzene rings is 1. The Balaban J connectivity index is 2.48. The zero-order chi connectivity index (χ0) is 22.1. The van der Waals surface area contributed by atoms with Crippen molar-refractivity contribution in [2.45, 2.75) is 19.8 Å². The molecule has 0 unspecified atom stereocenters. The number of carbonyl (C=O) groups excluding carboxylic acids is 2. The molecule has 0 spiro atoms. The van der Waals surface area contributed by atoms with Gasteiger partial charge < -0.3 is 24.3 Å². The Bertz CT molecular complexity index is 907. The number of dihydropyridines is 1. The van der Waals surface area contributed by atoms with Gasteiger partial charge in [0.1, 0.15) is 30.6 Å². The molecule has 0 saturated heterocycles. The van der Waals surface area contributed by atoms with Crippen LogP contribution in [0.2, 0.25) is 0 Å². The summed E-state index contributed by atoms with van der Waals surface area (Å²) in [5, 5.41) is 12.3. The van der Waals surface area contributed by atoms with Gasteiger partial charge in [0.15, 0.2) is 0 Å². The molecule has 1 aromatic carbocycles. The normalized spacial score (nSPS) is 13.6. The zero-order valence-electron chi connectivity index (χ0n) is 16.8. The van der Waals surface area contributed by atoms with Gasteiger partial charge in [0.25, 0.3) is 0 Å². The number of nitrogens with one attached hydrogen (secondary N) is 1. The van der Waals surface area contributed by atoms with E-state index >= 15 is 0 Å². The zero-order valence-corrected chi connectivity index (χ0v) is 16.8. The summed E-state index contributed by atoms with van der Waals surface area (Å²) >= 11 is 0. The molecule has 0 atom stereocenters. The number of rotatable bonds is 7. The van der Waals surface area contributed by atoms with Crippen LogP contribution in [0, 0.1) is 11.3 Å². The van der Waals surface area contributed by atoms with Gasteiger partial charge in [-0.3, -0.25) is 0 Å². The fourth-order valence-corrected chi connectivity index (χ4v) is 2.81. The number of hydrogen-bond donors (Lipinski definition) is 1. The van der Waals surface area contributed by atoms with E-state index in [0.717, 1.165) is 0 Å². The van der Waals surface area contributed by atoms with Gasteiger partial charge in [-0.1, -0.05) is 37.4 Å². The molecule has 0 bridgehead atoms. The van der Waals surface area contributed by atoms with Crippen molar-refractivity contribution >= 4 is 12.3 Å². The molecule has 30 heavy (non-hydrogen) atoms. The first-order valence-corrected chi connectivity index (χ1v) is 9.00. The lowest BCUT2D eigenvalue weighted by atomic mass is 9.89. The van der Waals surface area contributed by atoms with Gasteiger partial charge in [0, 0.05) is 0 Å². The highest BCUT2D eigenvalue weighted by Gasteiger charge is 2.35. The summed E-state index contributed by atoms with van der Waals surface area (Å²) in [6, 6.07) is 8.73. The van der Waals surface area contributed by atoms with Crippen LogP contribution < -0.4 is 5.32 Å². The molecule has 1 heterocycles. The summed E-state index contributed by atoms with van der Waals surface area (Å²) in [5.74, 6) is -0.473. The molecule has 0 amide bonds. The summed E-state index contributed by atoms with van der Waals surface area (Å²) in [7, 11) is 0. The van der Waals surface area contributed by atoms with Crippen molar-refractivity contribution in [1.29, 1.82) is 5.26 Å². The second-order valence-corrected chi connectivity index (χ2v) is 6.18. The largest absolute Gasteiger partial charge is 0.513 e. The number of allylic oxidation sites excluding steroid dienone is 2. The van der Waals surface area contributed by atoms with Crippen molar-refractivity contribution < 1.29 is 28.5 Å². The first kappa shape index (κ1) is 22.3. The Morgan fingerprint density at radius 3 is 2.07 bits per heavy atom. The Labute approximate surface area is 174 Å². The lowest BCUT2D eigenvalue weighted by molar-refractivity contribution is 0.0690. The highest BCUT2D eigenvalue weighted by atomic mass is 16.7. The van der Waals surface area contributed by atoms with Crippen molar-refractivity contribution in [2.75, 3.05) is 13.2 Å². The minimum absolute atomic E-state index is 0.0285. The first-order chi connectivity index (χ1) is 14.4. The van der Waals surface area contributed by atoms with Gasteiger partial charge in [0.2, 0.25) is 0 Å². The Kier molecular flexibility index (Phi) is 7.82. The minimum atomic E-state index is -0.944. The van der Waals surface area contributed by atoms with Crippen molar-refractivity contribution in [3.8, 4) is 6.07 Å². The molecule has 156 valence electrons. The van der Waals surface area contributed by atoms with Gasteiger partial charge >= 0.3 is 12.3 Å². The van der Waals surface area contributed by atoms with Gasteiger partial charge in [-0.15, -0.1) is 0 Å². The topological polar surface area (TPSA) is 107 Å². The molecule has 8 nitrogen and oxygen atoms in total. The lowest BCUT2D eigenvalue weighted by Crippen LogP contribution is -2.29. The molecule has 0 aromatic heterocycles. The van der Waals surface area contributed by atoms with E-state index in [1.807, 2.05) is 0 Å². The maximum Gasteiger partial charge on any atom is 0.513 e. The van der Waals surface area contributed by atoms with Crippen LogP contribution in [0.15, 0.2) is 72.5 Å². The molecule has 1 N–H and O–H groups in total. The van der Waals surface area contributed by atoms with Crippen LogP contribution in [0.1, 0.15) is 30.9 Å². The van der Waals surface area contributed by atoms with E-state index in [1.165, 1.54) is 12.2 Å². The van der Waals surface area contributed by atoms with Crippen molar-refractivity contribution in [2.24, 2.45) is 0 Å². The van der Waals surface area contributed by atoms with Crippen LogP contribution in [0.5, 0.6) is 0 Å². The highest BCUT2D eigenvalue weighted by Crippen LogP contribution is 2.39. The second kappa shape index (κ2) is 10.5. The average molecular weight is 410 g/mol. The average Bonchev–Trinajstić information content (AvgIpc) is 2.74. The van der Waals surface area contributed by atoms with Gasteiger partial charge in [-0.25, -0.2) is 9.59 Å².